The van der Waals surface area contributed by atoms with Gasteiger partial charge in [0, 0.05) is 38.4 Å². The van der Waals surface area contributed by atoms with Crippen molar-refractivity contribution >= 4 is 0 Å². The number of aromatic nitrogens is 5. The maximum absolute atomic E-state index is 5.67. The van der Waals surface area contributed by atoms with E-state index < -0.39 is 0 Å². The zero-order valence-corrected chi connectivity index (χ0v) is 15.4. The zero-order chi connectivity index (χ0) is 18.1. The third kappa shape index (κ3) is 3.27. The Hall–Kier alpha value is -2.51. The summed E-state index contributed by atoms with van der Waals surface area (Å²) in [5, 5.41) is 15.4. The first-order valence-electron chi connectivity index (χ1n) is 8.87. The molecule has 3 aromatic rings. The lowest BCUT2D eigenvalue weighted by Gasteiger charge is -2.15. The number of nitrogens with one attached hydrogen (secondary N) is 1. The fourth-order valence-electron chi connectivity index (χ4n) is 3.78. The number of aryl methyl sites for hydroxylation is 2. The molecule has 2 aromatic heterocycles. The van der Waals surface area contributed by atoms with Gasteiger partial charge in [-0.1, -0.05) is 12.1 Å². The largest absolute Gasteiger partial charge is 0.379 e. The molecule has 26 heavy (non-hydrogen) atoms. The van der Waals surface area contributed by atoms with Gasteiger partial charge in [0.05, 0.1) is 29.4 Å². The molecular weight excluding hydrogens is 328 g/mol. The van der Waals surface area contributed by atoms with Gasteiger partial charge in [-0.3, -0.25) is 4.90 Å². The quantitative estimate of drug-likeness (QED) is 0.762. The Morgan fingerprint density at radius 1 is 1.19 bits per heavy atom. The first-order valence-corrected chi connectivity index (χ1v) is 8.87. The number of hydrogen-bond acceptors (Lipinski definition) is 5. The molecule has 0 radical (unpaired) electrons. The molecule has 0 aliphatic carbocycles. The summed E-state index contributed by atoms with van der Waals surface area (Å²) in [6, 6.07) is 10.7. The van der Waals surface area contributed by atoms with E-state index in [4.69, 9.17) is 4.74 Å². The molecule has 1 aromatic carbocycles. The van der Waals surface area contributed by atoms with E-state index in [9.17, 15) is 0 Å². The number of aromatic amines is 1. The van der Waals surface area contributed by atoms with Crippen LogP contribution in [0.4, 0.5) is 0 Å². The second-order valence-electron chi connectivity index (χ2n) is 6.97. The minimum Gasteiger partial charge on any atom is -0.379 e. The molecule has 1 fully saturated rings. The highest BCUT2D eigenvalue weighted by Crippen LogP contribution is 2.29. The van der Waals surface area contributed by atoms with E-state index in [-0.39, 0.29) is 12.0 Å². The molecule has 0 bridgehead atoms. The minimum atomic E-state index is 0.147. The molecule has 1 N–H and O–H groups in total. The van der Waals surface area contributed by atoms with Crippen molar-refractivity contribution in [1.82, 2.24) is 30.1 Å². The van der Waals surface area contributed by atoms with Gasteiger partial charge >= 0.3 is 0 Å². The van der Waals surface area contributed by atoms with Gasteiger partial charge in [-0.2, -0.15) is 20.5 Å². The van der Waals surface area contributed by atoms with Gasteiger partial charge in [-0.25, -0.2) is 4.68 Å². The van der Waals surface area contributed by atoms with Crippen LogP contribution in [-0.2, 0) is 11.3 Å². The fourth-order valence-corrected chi connectivity index (χ4v) is 3.78. The maximum Gasteiger partial charge on any atom is 0.0894 e. The van der Waals surface area contributed by atoms with Crippen LogP contribution in [0.3, 0.4) is 0 Å². The summed E-state index contributed by atoms with van der Waals surface area (Å²) in [5.74, 6) is 0.257. The molecule has 136 valence electrons. The van der Waals surface area contributed by atoms with Gasteiger partial charge in [-0.05, 0) is 37.6 Å². The van der Waals surface area contributed by atoms with Gasteiger partial charge in [0.25, 0.3) is 0 Å². The summed E-state index contributed by atoms with van der Waals surface area (Å²) in [7, 11) is 1.77. The molecule has 0 amide bonds. The summed E-state index contributed by atoms with van der Waals surface area (Å²) in [5.41, 5.74) is 5.53. The maximum atomic E-state index is 5.67. The van der Waals surface area contributed by atoms with Gasteiger partial charge in [0.1, 0.15) is 0 Å². The van der Waals surface area contributed by atoms with Crippen molar-refractivity contribution in [3.63, 3.8) is 0 Å². The number of likely N-dealkylation sites (tertiary alicyclic amines) is 1. The molecule has 7 heteroatoms. The van der Waals surface area contributed by atoms with E-state index in [1.165, 1.54) is 5.56 Å². The fraction of sp³-hybridized carbons (Fsp3) is 0.421. The normalized spacial score (nSPS) is 20.7. The average Bonchev–Trinajstić information content (AvgIpc) is 3.35. The monoisotopic (exact) mass is 352 g/mol. The molecule has 1 aliphatic heterocycles. The molecule has 1 aliphatic rings. The van der Waals surface area contributed by atoms with Crippen LogP contribution in [-0.4, -0.2) is 56.4 Å². The van der Waals surface area contributed by atoms with E-state index in [1.54, 1.807) is 13.3 Å². The van der Waals surface area contributed by atoms with Crippen molar-refractivity contribution in [3.8, 4) is 5.69 Å². The number of methoxy groups -OCH3 is 1. The summed E-state index contributed by atoms with van der Waals surface area (Å²) in [4.78, 5) is 2.41. The molecule has 4 rings (SSSR count). The first-order chi connectivity index (χ1) is 12.6. The zero-order valence-electron chi connectivity index (χ0n) is 15.4. The number of rotatable bonds is 5. The Labute approximate surface area is 153 Å². The first kappa shape index (κ1) is 16.9. The van der Waals surface area contributed by atoms with E-state index in [0.29, 0.717) is 0 Å². The molecular formula is C19H24N6O. The van der Waals surface area contributed by atoms with E-state index in [1.807, 2.05) is 11.6 Å². The van der Waals surface area contributed by atoms with Gasteiger partial charge < -0.3 is 4.74 Å². The predicted octanol–water partition coefficient (Wildman–Crippen LogP) is 2.22. The lowest BCUT2D eigenvalue weighted by Crippen LogP contribution is -2.22. The molecule has 0 saturated carbocycles. The van der Waals surface area contributed by atoms with Crippen molar-refractivity contribution < 1.29 is 4.74 Å². The summed E-state index contributed by atoms with van der Waals surface area (Å²) >= 11 is 0. The Balaban J connectivity index is 1.45. The van der Waals surface area contributed by atoms with E-state index >= 15 is 0 Å². The lowest BCUT2D eigenvalue weighted by molar-refractivity contribution is 0.0957. The third-order valence-corrected chi connectivity index (χ3v) is 5.05. The number of ether oxygens (including phenoxy) is 1. The number of benzene rings is 1. The Bertz CT molecular complexity index is 855. The molecule has 7 nitrogen and oxygen atoms in total. The van der Waals surface area contributed by atoms with Crippen LogP contribution >= 0.6 is 0 Å². The van der Waals surface area contributed by atoms with Crippen LogP contribution in [0.1, 0.15) is 28.6 Å². The van der Waals surface area contributed by atoms with Crippen LogP contribution in [0, 0.1) is 13.8 Å². The SMILES string of the molecule is CO[C@@H]1CN(Cc2ccc(-n3nc(C)cc3C)cc2)C[C@H]1c1cn[nH]n1. The van der Waals surface area contributed by atoms with Crippen molar-refractivity contribution in [3.05, 3.63) is 59.2 Å². The molecule has 1 saturated heterocycles. The van der Waals surface area contributed by atoms with Gasteiger partial charge in [0.15, 0.2) is 0 Å². The highest BCUT2D eigenvalue weighted by Gasteiger charge is 2.35. The predicted molar refractivity (Wildman–Crippen MR) is 98.2 cm³/mol. The Morgan fingerprint density at radius 2 is 2.00 bits per heavy atom. The van der Waals surface area contributed by atoms with E-state index in [0.717, 1.165) is 42.4 Å². The van der Waals surface area contributed by atoms with Gasteiger partial charge in [-0.15, -0.1) is 0 Å². The summed E-state index contributed by atoms with van der Waals surface area (Å²) in [6.45, 7) is 6.80. The molecule has 0 spiro atoms. The van der Waals surface area contributed by atoms with Crippen molar-refractivity contribution in [2.75, 3.05) is 20.2 Å². The number of hydrogen-bond donors (Lipinski definition) is 1. The van der Waals surface area contributed by atoms with Crippen LogP contribution < -0.4 is 0 Å². The average molecular weight is 352 g/mol. The number of H-pyrrole nitrogens is 1. The second-order valence-corrected chi connectivity index (χ2v) is 6.97. The smallest absolute Gasteiger partial charge is 0.0894 e. The Morgan fingerprint density at radius 3 is 2.62 bits per heavy atom. The van der Waals surface area contributed by atoms with Crippen LogP contribution in [0.5, 0.6) is 0 Å². The summed E-state index contributed by atoms with van der Waals surface area (Å²) < 4.78 is 7.66. The van der Waals surface area contributed by atoms with Crippen molar-refractivity contribution in [1.29, 1.82) is 0 Å². The highest BCUT2D eigenvalue weighted by atomic mass is 16.5. The topological polar surface area (TPSA) is 71.9 Å². The van der Waals surface area contributed by atoms with Crippen LogP contribution in [0.15, 0.2) is 36.5 Å². The summed E-state index contributed by atoms with van der Waals surface area (Å²) in [6.07, 6.45) is 1.94. The van der Waals surface area contributed by atoms with Crippen LogP contribution in [0.2, 0.25) is 0 Å². The van der Waals surface area contributed by atoms with Crippen molar-refractivity contribution in [2.24, 2.45) is 0 Å². The standard InChI is InChI=1S/C19H24N6O/c1-13-8-14(2)25(22-13)16-6-4-15(5-7-16)10-24-11-17(19(12-24)26-3)18-9-20-23-21-18/h4-9,17,19H,10-12H2,1-3H3,(H,20,21,23)/t17-,19+/m0/s1. The van der Waals surface area contributed by atoms with Gasteiger partial charge in [0.2, 0.25) is 0 Å². The molecule has 0 unspecified atom stereocenters. The second kappa shape index (κ2) is 7.01. The van der Waals surface area contributed by atoms with E-state index in [2.05, 4.69) is 62.7 Å². The van der Waals surface area contributed by atoms with Crippen molar-refractivity contribution in [2.45, 2.75) is 32.4 Å². The highest BCUT2D eigenvalue weighted by molar-refractivity contribution is 5.36. The third-order valence-electron chi connectivity index (χ3n) is 5.05. The molecule has 2 atom stereocenters. The minimum absolute atomic E-state index is 0.147. The van der Waals surface area contributed by atoms with Crippen LogP contribution in [0.25, 0.3) is 5.69 Å². The molecule has 3 heterocycles. The lowest BCUT2D eigenvalue weighted by atomic mass is 10.0. The number of nitrogens with zero attached hydrogens (tertiary/aromatic N) is 5. The Kier molecular flexibility index (Phi) is 4.57.